The van der Waals surface area contributed by atoms with Crippen molar-refractivity contribution in [2.75, 3.05) is 0 Å². The van der Waals surface area contributed by atoms with Crippen LogP contribution in [0.5, 0.6) is 0 Å². The van der Waals surface area contributed by atoms with Crippen LogP contribution in [0.3, 0.4) is 0 Å². The van der Waals surface area contributed by atoms with Gasteiger partial charge in [0.2, 0.25) is 0 Å². The summed E-state index contributed by atoms with van der Waals surface area (Å²) in [6.07, 6.45) is 1.02. The van der Waals surface area contributed by atoms with Gasteiger partial charge < -0.3 is 5.11 Å². The number of benzene rings is 2. The quantitative estimate of drug-likeness (QED) is 0.344. The number of rotatable bonds is 3. The fourth-order valence-electron chi connectivity index (χ4n) is 3.91. The van der Waals surface area contributed by atoms with Crippen LogP contribution >= 0.6 is 11.6 Å². The minimum Gasteiger partial charge on any atom is -0.481 e. The van der Waals surface area contributed by atoms with Gasteiger partial charge in [-0.15, -0.1) is 0 Å². The first-order chi connectivity index (χ1) is 13.8. The molecule has 0 aliphatic heterocycles. The zero-order chi connectivity index (χ0) is 20.9. The number of aliphatic carboxylic acids is 1. The standard InChI is InChI=1S/C23H18ClFN2O2/c1-11-4-6-14(7-5-11)19-13(3)20-21(12(2)16(19)9-18(28)29)27-23(24)17-8-15(25)10-26-22(17)20/h4-8,10H,9H2,1-3H3,(H,28,29). The zero-order valence-corrected chi connectivity index (χ0v) is 16.9. The average molecular weight is 409 g/mol. The van der Waals surface area contributed by atoms with Gasteiger partial charge in [0.05, 0.1) is 23.7 Å². The molecule has 0 radical (unpaired) electrons. The summed E-state index contributed by atoms with van der Waals surface area (Å²) in [5.41, 5.74) is 6.28. The second-order valence-corrected chi connectivity index (χ2v) is 7.57. The van der Waals surface area contributed by atoms with Gasteiger partial charge in [0.25, 0.3) is 0 Å². The number of pyridine rings is 2. The largest absolute Gasteiger partial charge is 0.481 e. The van der Waals surface area contributed by atoms with Crippen molar-refractivity contribution in [3.63, 3.8) is 0 Å². The Kier molecular flexibility index (Phi) is 4.71. The third-order valence-corrected chi connectivity index (χ3v) is 5.58. The number of aromatic nitrogens is 2. The number of aryl methyl sites for hydroxylation is 3. The van der Waals surface area contributed by atoms with Crippen LogP contribution in [0.4, 0.5) is 4.39 Å². The van der Waals surface area contributed by atoms with Crippen LogP contribution < -0.4 is 0 Å². The number of halogens is 2. The molecule has 4 aromatic rings. The van der Waals surface area contributed by atoms with Crippen molar-refractivity contribution in [1.29, 1.82) is 0 Å². The smallest absolute Gasteiger partial charge is 0.307 e. The molecule has 4 rings (SSSR count). The van der Waals surface area contributed by atoms with Crippen molar-refractivity contribution in [3.05, 3.63) is 69.8 Å². The van der Waals surface area contributed by atoms with Gasteiger partial charge in [0, 0.05) is 10.8 Å². The molecular weight excluding hydrogens is 391 g/mol. The van der Waals surface area contributed by atoms with E-state index in [9.17, 15) is 14.3 Å². The minimum absolute atomic E-state index is 0.139. The lowest BCUT2D eigenvalue weighted by molar-refractivity contribution is -0.136. The van der Waals surface area contributed by atoms with E-state index >= 15 is 0 Å². The van der Waals surface area contributed by atoms with Crippen LogP contribution in [0.1, 0.15) is 22.3 Å². The molecule has 0 aliphatic rings. The highest BCUT2D eigenvalue weighted by molar-refractivity contribution is 6.35. The van der Waals surface area contributed by atoms with Crippen molar-refractivity contribution in [1.82, 2.24) is 9.97 Å². The van der Waals surface area contributed by atoms with Crippen molar-refractivity contribution < 1.29 is 14.3 Å². The number of fused-ring (bicyclic) bond motifs is 3. The van der Waals surface area contributed by atoms with E-state index in [-0.39, 0.29) is 11.6 Å². The van der Waals surface area contributed by atoms with Crippen molar-refractivity contribution in [2.45, 2.75) is 27.2 Å². The Morgan fingerprint density at radius 1 is 1.10 bits per heavy atom. The van der Waals surface area contributed by atoms with Crippen LogP contribution in [-0.4, -0.2) is 21.0 Å². The Hall–Kier alpha value is -3.05. The van der Waals surface area contributed by atoms with Gasteiger partial charge >= 0.3 is 5.97 Å². The van der Waals surface area contributed by atoms with Gasteiger partial charge in [-0.25, -0.2) is 9.37 Å². The number of carboxylic acids is 1. The van der Waals surface area contributed by atoms with Crippen LogP contribution in [-0.2, 0) is 11.2 Å². The monoisotopic (exact) mass is 408 g/mol. The van der Waals surface area contributed by atoms with Crippen molar-refractivity contribution in [2.24, 2.45) is 0 Å². The van der Waals surface area contributed by atoms with E-state index in [4.69, 9.17) is 11.6 Å². The van der Waals surface area contributed by atoms with E-state index in [0.29, 0.717) is 22.0 Å². The summed E-state index contributed by atoms with van der Waals surface area (Å²) < 4.78 is 13.8. The third kappa shape index (κ3) is 3.21. The molecule has 0 fully saturated rings. The predicted octanol–water partition coefficient (Wildman–Crippen LogP) is 5.79. The fourth-order valence-corrected chi connectivity index (χ4v) is 4.14. The summed E-state index contributed by atoms with van der Waals surface area (Å²) in [6.45, 7) is 5.76. The third-order valence-electron chi connectivity index (χ3n) is 5.29. The first-order valence-electron chi connectivity index (χ1n) is 9.13. The van der Waals surface area contributed by atoms with Gasteiger partial charge in [-0.05, 0) is 54.7 Å². The van der Waals surface area contributed by atoms with Gasteiger partial charge in [-0.1, -0.05) is 41.4 Å². The predicted molar refractivity (Wildman–Crippen MR) is 113 cm³/mol. The van der Waals surface area contributed by atoms with Gasteiger partial charge in [0.15, 0.2) is 0 Å². The number of carbonyl (C=O) groups is 1. The van der Waals surface area contributed by atoms with Crippen LogP contribution in [0.25, 0.3) is 32.9 Å². The molecule has 6 heteroatoms. The number of hydrogen-bond donors (Lipinski definition) is 1. The Bertz CT molecular complexity index is 1300. The van der Waals surface area contributed by atoms with E-state index in [0.717, 1.165) is 39.4 Å². The summed E-state index contributed by atoms with van der Waals surface area (Å²) in [4.78, 5) is 20.4. The highest BCUT2D eigenvalue weighted by Crippen LogP contribution is 2.40. The lowest BCUT2D eigenvalue weighted by Gasteiger charge is -2.19. The number of hydrogen-bond acceptors (Lipinski definition) is 3. The summed E-state index contributed by atoms with van der Waals surface area (Å²) in [5, 5.41) is 10.9. The molecule has 0 unspecified atom stereocenters. The summed E-state index contributed by atoms with van der Waals surface area (Å²) >= 11 is 6.33. The normalized spacial score (nSPS) is 11.3. The van der Waals surface area contributed by atoms with Gasteiger partial charge in [-0.3, -0.25) is 9.78 Å². The van der Waals surface area contributed by atoms with Crippen LogP contribution in [0, 0.1) is 26.6 Å². The molecule has 4 nitrogen and oxygen atoms in total. The lowest BCUT2D eigenvalue weighted by atomic mass is 9.86. The highest BCUT2D eigenvalue weighted by atomic mass is 35.5. The van der Waals surface area contributed by atoms with Crippen molar-refractivity contribution in [3.8, 4) is 11.1 Å². The molecule has 0 spiro atoms. The molecule has 0 aliphatic carbocycles. The van der Waals surface area contributed by atoms with Gasteiger partial charge in [0.1, 0.15) is 11.0 Å². The summed E-state index contributed by atoms with van der Waals surface area (Å²) in [7, 11) is 0. The minimum atomic E-state index is -0.924. The maximum Gasteiger partial charge on any atom is 0.307 e. The van der Waals surface area contributed by atoms with E-state index in [1.54, 1.807) is 0 Å². The molecular formula is C23H18ClFN2O2. The molecule has 0 amide bonds. The van der Waals surface area contributed by atoms with Crippen molar-refractivity contribution >= 4 is 39.4 Å². The lowest BCUT2D eigenvalue weighted by Crippen LogP contribution is -2.07. The number of nitrogens with zero attached hydrogens (tertiary/aromatic N) is 2. The molecule has 0 atom stereocenters. The van der Waals surface area contributed by atoms with E-state index < -0.39 is 11.8 Å². The number of carboxylic acid groups (broad SMARTS) is 1. The maximum absolute atomic E-state index is 13.8. The second kappa shape index (κ2) is 7.08. The summed E-state index contributed by atoms with van der Waals surface area (Å²) in [6, 6.07) is 9.26. The Morgan fingerprint density at radius 2 is 1.79 bits per heavy atom. The first-order valence-corrected chi connectivity index (χ1v) is 9.51. The van der Waals surface area contributed by atoms with Gasteiger partial charge in [-0.2, -0.15) is 0 Å². The van der Waals surface area contributed by atoms with E-state index in [1.165, 1.54) is 6.07 Å². The SMILES string of the molecule is Cc1ccc(-c2c(CC(=O)O)c(C)c3nc(Cl)c4cc(F)cnc4c3c2C)cc1. The topological polar surface area (TPSA) is 63.1 Å². The zero-order valence-electron chi connectivity index (χ0n) is 16.2. The molecule has 2 aromatic heterocycles. The van der Waals surface area contributed by atoms with E-state index in [2.05, 4.69) is 9.97 Å². The summed E-state index contributed by atoms with van der Waals surface area (Å²) in [5.74, 6) is -1.41. The molecule has 1 N–H and O–H groups in total. The molecule has 146 valence electrons. The Labute approximate surface area is 172 Å². The Balaban J connectivity index is 2.21. The molecule has 0 saturated carbocycles. The Morgan fingerprint density at radius 3 is 2.45 bits per heavy atom. The molecule has 2 aromatic carbocycles. The fraction of sp³-hybridized carbons (Fsp3) is 0.174. The molecule has 29 heavy (non-hydrogen) atoms. The second-order valence-electron chi connectivity index (χ2n) is 7.22. The first kappa shape index (κ1) is 19.3. The molecule has 2 heterocycles. The average Bonchev–Trinajstić information content (AvgIpc) is 2.67. The maximum atomic E-state index is 13.8. The van der Waals surface area contributed by atoms with Crippen LogP contribution in [0.15, 0.2) is 36.5 Å². The highest BCUT2D eigenvalue weighted by Gasteiger charge is 2.22. The van der Waals surface area contributed by atoms with Crippen LogP contribution in [0.2, 0.25) is 5.15 Å². The molecule has 0 bridgehead atoms. The molecule has 0 saturated heterocycles. The van der Waals surface area contributed by atoms with E-state index in [1.807, 2.05) is 45.0 Å².